The maximum Gasteiger partial charge on any atom is 0.393 e. The summed E-state index contributed by atoms with van der Waals surface area (Å²) in [7, 11) is 0. The SMILES string of the molecule is CCNC(C#N)CN1CCCC(C(F)(F)F)C1. The third-order valence-electron chi connectivity index (χ3n) is 3.02. The molecule has 17 heavy (non-hydrogen) atoms. The van der Waals surface area contributed by atoms with E-state index in [1.54, 1.807) is 4.90 Å². The Labute approximate surface area is 99.6 Å². The van der Waals surface area contributed by atoms with E-state index >= 15 is 0 Å². The van der Waals surface area contributed by atoms with Crippen LogP contribution in [0.2, 0.25) is 0 Å². The lowest BCUT2D eigenvalue weighted by Gasteiger charge is -2.34. The van der Waals surface area contributed by atoms with Crippen molar-refractivity contribution in [1.29, 1.82) is 5.26 Å². The van der Waals surface area contributed by atoms with Crippen LogP contribution in [0, 0.1) is 17.2 Å². The average molecular weight is 249 g/mol. The van der Waals surface area contributed by atoms with Crippen LogP contribution in [0.15, 0.2) is 0 Å². The summed E-state index contributed by atoms with van der Waals surface area (Å²) in [6.45, 7) is 3.56. The first kappa shape index (κ1) is 14.3. The molecule has 1 heterocycles. The smallest absolute Gasteiger partial charge is 0.301 e. The van der Waals surface area contributed by atoms with Gasteiger partial charge in [0.2, 0.25) is 0 Å². The molecule has 0 radical (unpaired) electrons. The number of rotatable bonds is 4. The minimum Gasteiger partial charge on any atom is -0.301 e. The number of likely N-dealkylation sites (N-methyl/N-ethyl adjacent to an activating group) is 1. The van der Waals surface area contributed by atoms with Gasteiger partial charge in [-0.1, -0.05) is 6.92 Å². The molecule has 1 aliphatic rings. The van der Waals surface area contributed by atoms with Gasteiger partial charge in [-0.2, -0.15) is 18.4 Å². The van der Waals surface area contributed by atoms with Gasteiger partial charge < -0.3 is 10.2 Å². The highest BCUT2D eigenvalue weighted by Gasteiger charge is 2.41. The second-order valence-electron chi connectivity index (χ2n) is 4.38. The fraction of sp³-hybridized carbons (Fsp3) is 0.909. The summed E-state index contributed by atoms with van der Waals surface area (Å²) in [4.78, 5) is 1.73. The molecule has 3 nitrogen and oxygen atoms in total. The van der Waals surface area contributed by atoms with E-state index in [0.717, 1.165) is 0 Å². The molecule has 2 unspecified atom stereocenters. The van der Waals surface area contributed by atoms with Gasteiger partial charge in [0.1, 0.15) is 6.04 Å². The predicted octanol–water partition coefficient (Wildman–Crippen LogP) is 1.76. The topological polar surface area (TPSA) is 39.1 Å². The summed E-state index contributed by atoms with van der Waals surface area (Å²) in [5.41, 5.74) is 0. The van der Waals surface area contributed by atoms with Crippen molar-refractivity contribution in [3.63, 3.8) is 0 Å². The quantitative estimate of drug-likeness (QED) is 0.825. The van der Waals surface area contributed by atoms with Crippen molar-refractivity contribution in [2.24, 2.45) is 5.92 Å². The Morgan fingerprint density at radius 3 is 2.76 bits per heavy atom. The lowest BCUT2D eigenvalue weighted by atomic mass is 9.97. The second-order valence-corrected chi connectivity index (χ2v) is 4.38. The molecule has 2 atom stereocenters. The maximum absolute atomic E-state index is 12.6. The third kappa shape index (κ3) is 4.52. The highest BCUT2D eigenvalue weighted by Crippen LogP contribution is 2.32. The fourth-order valence-corrected chi connectivity index (χ4v) is 2.14. The van der Waals surface area contributed by atoms with E-state index in [1.165, 1.54) is 0 Å². The van der Waals surface area contributed by atoms with Crippen LogP contribution in [0.25, 0.3) is 0 Å². The molecule has 0 aliphatic carbocycles. The number of likely N-dealkylation sites (tertiary alicyclic amines) is 1. The van der Waals surface area contributed by atoms with Crippen LogP contribution in [0.4, 0.5) is 13.2 Å². The van der Waals surface area contributed by atoms with E-state index in [1.807, 2.05) is 6.92 Å². The minimum absolute atomic E-state index is 0.0209. The fourth-order valence-electron chi connectivity index (χ4n) is 2.14. The van der Waals surface area contributed by atoms with Gasteiger partial charge >= 0.3 is 6.18 Å². The van der Waals surface area contributed by atoms with Crippen LogP contribution in [0.3, 0.4) is 0 Å². The highest BCUT2D eigenvalue weighted by molar-refractivity contribution is 4.93. The van der Waals surface area contributed by atoms with Crippen molar-refractivity contribution in [2.75, 3.05) is 26.2 Å². The van der Waals surface area contributed by atoms with Crippen molar-refractivity contribution in [2.45, 2.75) is 32.0 Å². The zero-order chi connectivity index (χ0) is 12.9. The number of nitrogens with one attached hydrogen (secondary N) is 1. The maximum atomic E-state index is 12.6. The summed E-state index contributed by atoms with van der Waals surface area (Å²) >= 11 is 0. The van der Waals surface area contributed by atoms with E-state index in [2.05, 4.69) is 11.4 Å². The molecule has 0 aromatic rings. The van der Waals surface area contributed by atoms with Gasteiger partial charge in [-0.15, -0.1) is 0 Å². The molecule has 1 aliphatic heterocycles. The molecule has 0 aromatic carbocycles. The molecule has 1 rings (SSSR count). The van der Waals surface area contributed by atoms with Crippen LogP contribution < -0.4 is 5.32 Å². The Hall–Kier alpha value is -0.800. The van der Waals surface area contributed by atoms with Crippen LogP contribution >= 0.6 is 0 Å². The number of nitriles is 1. The van der Waals surface area contributed by atoms with Crippen molar-refractivity contribution in [3.05, 3.63) is 0 Å². The molecule has 98 valence electrons. The van der Waals surface area contributed by atoms with Gasteiger partial charge in [0.25, 0.3) is 0 Å². The Kier molecular flexibility index (Phi) is 5.22. The lowest BCUT2D eigenvalue weighted by molar-refractivity contribution is -0.186. The van der Waals surface area contributed by atoms with E-state index in [0.29, 0.717) is 26.1 Å². The zero-order valence-corrected chi connectivity index (χ0v) is 9.93. The first-order chi connectivity index (χ1) is 7.97. The van der Waals surface area contributed by atoms with Crippen LogP contribution in [-0.2, 0) is 0 Å². The summed E-state index contributed by atoms with van der Waals surface area (Å²) in [5.74, 6) is -1.24. The van der Waals surface area contributed by atoms with E-state index in [9.17, 15) is 13.2 Å². The van der Waals surface area contributed by atoms with Gasteiger partial charge in [-0.25, -0.2) is 0 Å². The standard InChI is InChI=1S/C11H18F3N3/c1-2-16-10(6-15)8-17-5-3-4-9(7-17)11(12,13)14/h9-10,16H,2-5,7-8H2,1H3. The van der Waals surface area contributed by atoms with E-state index < -0.39 is 12.1 Å². The number of hydrogen-bond acceptors (Lipinski definition) is 3. The normalized spacial score (nSPS) is 24.3. The summed E-state index contributed by atoms with van der Waals surface area (Å²) < 4.78 is 37.7. The van der Waals surface area contributed by atoms with Crippen LogP contribution in [0.5, 0.6) is 0 Å². The molecule has 0 bridgehead atoms. The number of alkyl halides is 3. The van der Waals surface area contributed by atoms with Gasteiger partial charge in [-0.3, -0.25) is 0 Å². The minimum atomic E-state index is -4.11. The van der Waals surface area contributed by atoms with Gasteiger partial charge in [0, 0.05) is 13.1 Å². The number of nitrogens with zero attached hydrogens (tertiary/aromatic N) is 2. The molecule has 0 amide bonds. The second kappa shape index (κ2) is 6.22. The van der Waals surface area contributed by atoms with Crippen molar-refractivity contribution < 1.29 is 13.2 Å². The van der Waals surface area contributed by atoms with Crippen molar-refractivity contribution in [1.82, 2.24) is 10.2 Å². The van der Waals surface area contributed by atoms with Gasteiger partial charge in [-0.05, 0) is 25.9 Å². The highest BCUT2D eigenvalue weighted by atomic mass is 19.4. The van der Waals surface area contributed by atoms with Crippen molar-refractivity contribution in [3.8, 4) is 6.07 Å². The van der Waals surface area contributed by atoms with E-state index in [4.69, 9.17) is 5.26 Å². The Bertz CT molecular complexity index is 272. The number of piperidine rings is 1. The summed E-state index contributed by atoms with van der Waals surface area (Å²) in [5, 5.41) is 11.8. The molecular formula is C11H18F3N3. The summed E-state index contributed by atoms with van der Waals surface area (Å²) in [6.07, 6.45) is -3.36. The van der Waals surface area contributed by atoms with Gasteiger partial charge in [0.15, 0.2) is 0 Å². The Morgan fingerprint density at radius 2 is 2.24 bits per heavy atom. The largest absolute Gasteiger partial charge is 0.393 e. The number of hydrogen-bond donors (Lipinski definition) is 1. The molecule has 1 N–H and O–H groups in total. The lowest BCUT2D eigenvalue weighted by Crippen LogP contribution is -2.47. The van der Waals surface area contributed by atoms with Crippen molar-refractivity contribution >= 4 is 0 Å². The monoisotopic (exact) mass is 249 g/mol. The van der Waals surface area contributed by atoms with Gasteiger partial charge in [0.05, 0.1) is 12.0 Å². The number of halogens is 3. The molecule has 0 saturated carbocycles. The van der Waals surface area contributed by atoms with Crippen LogP contribution in [-0.4, -0.2) is 43.3 Å². The molecule has 6 heteroatoms. The first-order valence-corrected chi connectivity index (χ1v) is 5.89. The zero-order valence-electron chi connectivity index (χ0n) is 9.93. The first-order valence-electron chi connectivity index (χ1n) is 5.89. The molecule has 1 fully saturated rings. The Morgan fingerprint density at radius 1 is 1.53 bits per heavy atom. The predicted molar refractivity (Wildman–Crippen MR) is 58.3 cm³/mol. The molecule has 1 saturated heterocycles. The summed E-state index contributed by atoms with van der Waals surface area (Å²) in [6, 6.07) is 1.69. The Balaban J connectivity index is 2.47. The van der Waals surface area contributed by atoms with Crippen LogP contribution in [0.1, 0.15) is 19.8 Å². The van der Waals surface area contributed by atoms with E-state index in [-0.39, 0.29) is 19.0 Å². The molecule has 0 spiro atoms. The molecule has 0 aromatic heterocycles. The molecular weight excluding hydrogens is 231 g/mol. The third-order valence-corrected chi connectivity index (χ3v) is 3.02. The average Bonchev–Trinajstić information content (AvgIpc) is 2.28.